The number of thiophene rings is 1. The van der Waals surface area contributed by atoms with Crippen molar-refractivity contribution in [3.05, 3.63) is 57.4 Å². The van der Waals surface area contributed by atoms with Crippen molar-refractivity contribution in [2.45, 2.75) is 0 Å². The van der Waals surface area contributed by atoms with Crippen molar-refractivity contribution in [3.63, 3.8) is 0 Å². The Morgan fingerprint density at radius 2 is 1.80 bits per heavy atom. The zero-order chi connectivity index (χ0) is 17.2. The Labute approximate surface area is 153 Å². The molecule has 128 valence electrons. The highest BCUT2D eigenvalue weighted by Gasteiger charge is 2.29. The van der Waals surface area contributed by atoms with Gasteiger partial charge in [0.05, 0.1) is 10.6 Å². The van der Waals surface area contributed by atoms with Gasteiger partial charge in [0.15, 0.2) is 5.17 Å². The van der Waals surface area contributed by atoms with Gasteiger partial charge in [-0.3, -0.25) is 4.79 Å². The van der Waals surface area contributed by atoms with E-state index in [1.54, 1.807) is 23.5 Å². The van der Waals surface area contributed by atoms with E-state index in [2.05, 4.69) is 9.89 Å². The molecule has 1 aromatic heterocycles. The number of amidine groups is 1. The molecule has 1 aromatic carbocycles. The number of benzene rings is 1. The van der Waals surface area contributed by atoms with Crippen molar-refractivity contribution in [2.75, 3.05) is 31.1 Å². The standard InChI is InChI=1S/C18H16FN3OS2/c19-14-5-1-2-6-15(14)21-7-9-22(10-8-21)18-20-17(23)16(25-18)12-13-4-3-11-24-13/h1-6,11-12H,7-10H2. The molecular formula is C18H16FN3OS2. The smallest absolute Gasteiger partial charge is 0.286 e. The number of rotatable bonds is 2. The molecule has 3 heterocycles. The molecule has 0 atom stereocenters. The van der Waals surface area contributed by atoms with Crippen LogP contribution in [-0.2, 0) is 4.79 Å². The fourth-order valence-corrected chi connectivity index (χ4v) is 4.57. The lowest BCUT2D eigenvalue weighted by molar-refractivity contribution is -0.113. The molecule has 4 rings (SSSR count). The first kappa shape index (κ1) is 16.4. The molecule has 7 heteroatoms. The first-order valence-corrected chi connectivity index (χ1v) is 9.71. The summed E-state index contributed by atoms with van der Waals surface area (Å²) in [5, 5.41) is 2.74. The lowest BCUT2D eigenvalue weighted by Gasteiger charge is -2.36. The van der Waals surface area contributed by atoms with Gasteiger partial charge in [-0.2, -0.15) is 4.99 Å². The molecule has 0 bridgehead atoms. The average Bonchev–Trinajstić information content (AvgIpc) is 3.26. The molecule has 1 amide bonds. The van der Waals surface area contributed by atoms with Gasteiger partial charge in [0, 0.05) is 31.1 Å². The normalized spacial score (nSPS) is 19.6. The summed E-state index contributed by atoms with van der Waals surface area (Å²) in [5.74, 6) is -0.371. The fourth-order valence-electron chi connectivity index (χ4n) is 2.88. The van der Waals surface area contributed by atoms with Gasteiger partial charge in [-0.1, -0.05) is 18.2 Å². The van der Waals surface area contributed by atoms with Crippen molar-refractivity contribution < 1.29 is 9.18 Å². The predicted molar refractivity (Wildman–Crippen MR) is 103 cm³/mol. The number of carbonyl (C=O) groups is 1. The molecule has 0 unspecified atom stereocenters. The van der Waals surface area contributed by atoms with E-state index in [4.69, 9.17) is 0 Å². The van der Waals surface area contributed by atoms with E-state index < -0.39 is 0 Å². The van der Waals surface area contributed by atoms with Gasteiger partial charge in [-0.05, 0) is 41.4 Å². The van der Waals surface area contributed by atoms with Gasteiger partial charge < -0.3 is 9.80 Å². The van der Waals surface area contributed by atoms with E-state index in [1.807, 2.05) is 34.6 Å². The van der Waals surface area contributed by atoms with Crippen LogP contribution in [0.1, 0.15) is 4.88 Å². The van der Waals surface area contributed by atoms with Crippen molar-refractivity contribution in [1.82, 2.24) is 4.90 Å². The van der Waals surface area contributed by atoms with Crippen LogP contribution in [0, 0.1) is 5.82 Å². The maximum Gasteiger partial charge on any atom is 0.286 e. The molecule has 0 spiro atoms. The highest BCUT2D eigenvalue weighted by molar-refractivity contribution is 8.18. The van der Waals surface area contributed by atoms with Gasteiger partial charge in [0.1, 0.15) is 5.82 Å². The number of amides is 1. The van der Waals surface area contributed by atoms with Crippen LogP contribution in [0.5, 0.6) is 0 Å². The number of thioether (sulfide) groups is 1. The second-order valence-corrected chi connectivity index (χ2v) is 7.74. The maximum atomic E-state index is 13.9. The minimum Gasteiger partial charge on any atom is -0.366 e. The average molecular weight is 373 g/mol. The highest BCUT2D eigenvalue weighted by atomic mass is 32.2. The molecule has 0 aliphatic carbocycles. The van der Waals surface area contributed by atoms with Crippen LogP contribution < -0.4 is 4.90 Å². The largest absolute Gasteiger partial charge is 0.366 e. The zero-order valence-corrected chi connectivity index (χ0v) is 15.0. The number of para-hydroxylation sites is 1. The van der Waals surface area contributed by atoms with Crippen LogP contribution in [0.2, 0.25) is 0 Å². The Kier molecular flexibility index (Phi) is 4.59. The van der Waals surface area contributed by atoms with Crippen LogP contribution in [0.4, 0.5) is 10.1 Å². The Balaban J connectivity index is 1.41. The van der Waals surface area contributed by atoms with Crippen LogP contribution >= 0.6 is 23.1 Å². The molecule has 0 radical (unpaired) electrons. The molecule has 1 fully saturated rings. The second kappa shape index (κ2) is 7.01. The van der Waals surface area contributed by atoms with Gasteiger partial charge in [0.2, 0.25) is 0 Å². The lowest BCUT2D eigenvalue weighted by atomic mass is 10.2. The third-order valence-electron chi connectivity index (χ3n) is 4.17. The molecule has 2 aromatic rings. The van der Waals surface area contributed by atoms with Crippen LogP contribution in [0.25, 0.3) is 6.08 Å². The van der Waals surface area contributed by atoms with Crippen molar-refractivity contribution in [3.8, 4) is 0 Å². The van der Waals surface area contributed by atoms with E-state index in [1.165, 1.54) is 17.8 Å². The van der Waals surface area contributed by atoms with E-state index >= 15 is 0 Å². The number of hydrogen-bond donors (Lipinski definition) is 0. The van der Waals surface area contributed by atoms with Crippen molar-refractivity contribution in [1.29, 1.82) is 0 Å². The predicted octanol–water partition coefficient (Wildman–Crippen LogP) is 3.68. The number of carbonyl (C=O) groups excluding carboxylic acids is 1. The van der Waals surface area contributed by atoms with Crippen LogP contribution in [-0.4, -0.2) is 42.2 Å². The summed E-state index contributed by atoms with van der Waals surface area (Å²) >= 11 is 3.02. The van der Waals surface area contributed by atoms with Crippen LogP contribution in [0.15, 0.2) is 51.7 Å². The summed E-state index contributed by atoms with van der Waals surface area (Å²) in [6.45, 7) is 2.86. The molecule has 0 saturated carbocycles. The Morgan fingerprint density at radius 1 is 1.04 bits per heavy atom. The van der Waals surface area contributed by atoms with Gasteiger partial charge >= 0.3 is 0 Å². The zero-order valence-electron chi connectivity index (χ0n) is 13.4. The first-order valence-electron chi connectivity index (χ1n) is 8.01. The SMILES string of the molecule is O=C1N=C(N2CCN(c3ccccc3F)CC2)SC1=Cc1cccs1. The van der Waals surface area contributed by atoms with E-state index in [-0.39, 0.29) is 11.7 Å². The topological polar surface area (TPSA) is 35.9 Å². The van der Waals surface area contributed by atoms with E-state index in [0.29, 0.717) is 23.7 Å². The van der Waals surface area contributed by atoms with Crippen molar-refractivity contribution >= 4 is 45.9 Å². The highest BCUT2D eigenvalue weighted by Crippen LogP contribution is 2.32. The molecule has 0 N–H and O–H groups in total. The minimum atomic E-state index is -0.195. The Morgan fingerprint density at radius 3 is 2.52 bits per heavy atom. The monoisotopic (exact) mass is 373 g/mol. The number of aliphatic imine (C=N–C) groups is 1. The number of anilines is 1. The second-order valence-electron chi connectivity index (χ2n) is 5.75. The van der Waals surface area contributed by atoms with Gasteiger partial charge in [-0.15, -0.1) is 11.3 Å². The van der Waals surface area contributed by atoms with E-state index in [9.17, 15) is 9.18 Å². The molecule has 4 nitrogen and oxygen atoms in total. The molecule has 25 heavy (non-hydrogen) atoms. The maximum absolute atomic E-state index is 13.9. The fraction of sp³-hybridized carbons (Fsp3) is 0.222. The number of nitrogens with zero attached hydrogens (tertiary/aromatic N) is 3. The summed E-state index contributed by atoms with van der Waals surface area (Å²) in [7, 11) is 0. The Bertz CT molecular complexity index is 840. The molecule has 1 saturated heterocycles. The van der Waals surface area contributed by atoms with Gasteiger partial charge in [-0.25, -0.2) is 4.39 Å². The third-order valence-corrected chi connectivity index (χ3v) is 6.03. The first-order chi connectivity index (χ1) is 12.2. The summed E-state index contributed by atoms with van der Waals surface area (Å²) in [6.07, 6.45) is 1.89. The summed E-state index contributed by atoms with van der Waals surface area (Å²) in [6, 6.07) is 10.8. The molecular weight excluding hydrogens is 357 g/mol. The minimum absolute atomic E-state index is 0.176. The summed E-state index contributed by atoms with van der Waals surface area (Å²) in [4.78, 5) is 22.2. The summed E-state index contributed by atoms with van der Waals surface area (Å²) < 4.78 is 13.9. The molecule has 2 aliphatic rings. The number of halogens is 1. The van der Waals surface area contributed by atoms with Crippen molar-refractivity contribution in [2.24, 2.45) is 4.99 Å². The lowest BCUT2D eigenvalue weighted by Crippen LogP contribution is -2.48. The quantitative estimate of drug-likeness (QED) is 0.753. The Hall–Kier alpha value is -2.12. The molecule has 2 aliphatic heterocycles. The number of piperazine rings is 1. The van der Waals surface area contributed by atoms with E-state index in [0.717, 1.165) is 23.1 Å². The third kappa shape index (κ3) is 3.48. The number of hydrogen-bond acceptors (Lipinski definition) is 5. The van der Waals surface area contributed by atoms with Gasteiger partial charge in [0.25, 0.3) is 5.91 Å². The summed E-state index contributed by atoms with van der Waals surface area (Å²) in [5.41, 5.74) is 0.637. The van der Waals surface area contributed by atoms with Crippen LogP contribution in [0.3, 0.4) is 0 Å².